The molecule has 0 bridgehead atoms. The zero-order valence-corrected chi connectivity index (χ0v) is 14.0. The second-order valence-corrected chi connectivity index (χ2v) is 6.21. The number of alkyl halides is 2. The molecule has 1 aromatic rings. The number of carbonyl (C=O) groups excluding carboxylic acids is 2. The maximum Gasteiger partial charge on any atom is 0.333 e. The zero-order chi connectivity index (χ0) is 16.3. The average molecular weight is 360 g/mol. The van der Waals surface area contributed by atoms with E-state index in [0.29, 0.717) is 16.2 Å². The van der Waals surface area contributed by atoms with E-state index in [1.54, 1.807) is 31.2 Å². The number of carbonyl (C=O) groups is 2. The van der Waals surface area contributed by atoms with Gasteiger partial charge in [-0.15, -0.1) is 23.2 Å². The lowest BCUT2D eigenvalue weighted by Crippen LogP contribution is -2.42. The molecule has 2 unspecified atom stereocenters. The Kier molecular flexibility index (Phi) is 5.32. The first kappa shape index (κ1) is 17.1. The van der Waals surface area contributed by atoms with Gasteiger partial charge in [0.15, 0.2) is 10.7 Å². The summed E-state index contributed by atoms with van der Waals surface area (Å²) in [6.45, 7) is 1.88. The molecule has 3 nitrogen and oxygen atoms in total. The first-order valence-electron chi connectivity index (χ1n) is 6.60. The van der Waals surface area contributed by atoms with E-state index in [1.165, 1.54) is 18.2 Å². The summed E-state index contributed by atoms with van der Waals surface area (Å²) in [4.78, 5) is 22.8. The van der Waals surface area contributed by atoms with Crippen molar-refractivity contribution < 1.29 is 14.3 Å². The van der Waals surface area contributed by atoms with E-state index in [-0.39, 0.29) is 12.4 Å². The van der Waals surface area contributed by atoms with Gasteiger partial charge in [-0.05, 0) is 37.3 Å². The molecule has 6 heteroatoms. The maximum absolute atomic E-state index is 12.4. The molecule has 0 saturated heterocycles. The Labute approximate surface area is 143 Å². The van der Waals surface area contributed by atoms with Crippen molar-refractivity contribution in [2.24, 2.45) is 0 Å². The van der Waals surface area contributed by atoms with E-state index in [1.807, 2.05) is 0 Å². The summed E-state index contributed by atoms with van der Waals surface area (Å²) in [5.74, 6) is -0.858. The van der Waals surface area contributed by atoms with Gasteiger partial charge in [0.1, 0.15) is 0 Å². The van der Waals surface area contributed by atoms with E-state index in [0.717, 1.165) is 0 Å². The lowest BCUT2D eigenvalue weighted by molar-refractivity contribution is -0.144. The minimum atomic E-state index is -1.50. The van der Waals surface area contributed by atoms with Crippen LogP contribution in [0.25, 0.3) is 0 Å². The van der Waals surface area contributed by atoms with Crippen LogP contribution in [-0.4, -0.2) is 28.6 Å². The lowest BCUT2D eigenvalue weighted by Gasteiger charge is -2.27. The summed E-state index contributed by atoms with van der Waals surface area (Å²) < 4.78 is 4.91. The summed E-state index contributed by atoms with van der Waals surface area (Å²) >= 11 is 18.2. The number of rotatable bonds is 4. The van der Waals surface area contributed by atoms with Crippen LogP contribution in [0.2, 0.25) is 5.02 Å². The Morgan fingerprint density at radius 3 is 2.45 bits per heavy atom. The van der Waals surface area contributed by atoms with Crippen LogP contribution in [0.5, 0.6) is 0 Å². The van der Waals surface area contributed by atoms with Crippen LogP contribution in [-0.2, 0) is 9.53 Å². The van der Waals surface area contributed by atoms with E-state index in [2.05, 4.69) is 0 Å². The van der Waals surface area contributed by atoms with Gasteiger partial charge >= 0.3 is 5.97 Å². The summed E-state index contributed by atoms with van der Waals surface area (Å²) in [7, 11) is 0. The second-order valence-electron chi connectivity index (χ2n) is 4.68. The topological polar surface area (TPSA) is 43.4 Å². The molecule has 0 aromatic heterocycles. The molecule has 1 aliphatic carbocycles. The van der Waals surface area contributed by atoms with Gasteiger partial charge in [-0.2, -0.15) is 0 Å². The predicted molar refractivity (Wildman–Crippen MR) is 87.9 cm³/mol. The molecule has 0 fully saturated rings. The molecule has 1 aliphatic rings. The molecule has 0 N–H and O–H groups in total. The summed E-state index contributed by atoms with van der Waals surface area (Å²) in [5.41, 5.74) is 0.838. The summed E-state index contributed by atoms with van der Waals surface area (Å²) in [6.07, 6.45) is 4.34. The summed E-state index contributed by atoms with van der Waals surface area (Å²) in [5, 5.41) is -0.341. The zero-order valence-electron chi connectivity index (χ0n) is 11.7. The van der Waals surface area contributed by atoms with Crippen LogP contribution in [0.1, 0.15) is 17.3 Å². The maximum atomic E-state index is 12.4. The quantitative estimate of drug-likeness (QED) is 0.460. The Hall–Kier alpha value is -1.29. The average Bonchev–Trinajstić information content (AvgIpc) is 2.50. The third-order valence-corrected chi connectivity index (χ3v) is 4.54. The number of allylic oxidation sites excluding steroid dienone is 3. The fourth-order valence-electron chi connectivity index (χ4n) is 1.98. The molecule has 1 aromatic carbocycles. The highest BCUT2D eigenvalue weighted by molar-refractivity contribution is 6.43. The highest BCUT2D eigenvalue weighted by atomic mass is 35.5. The van der Waals surface area contributed by atoms with Crippen molar-refractivity contribution in [2.45, 2.75) is 17.2 Å². The molecule has 2 rings (SSSR count). The molecule has 0 heterocycles. The van der Waals surface area contributed by atoms with Crippen molar-refractivity contribution in [1.82, 2.24) is 0 Å². The molecule has 0 aliphatic heterocycles. The standard InChI is InChI=1S/C16H13Cl3O3/c1-2-22-15(21)16(19)8-7-11(9-13(16)18)14(20)10-3-5-12(17)6-4-10/h3-9,13H,2H2,1H3. The number of hydrogen-bond donors (Lipinski definition) is 0. The molecule has 0 amide bonds. The number of Topliss-reactive ketones (excluding diaryl/α,β-unsaturated/α-hetero) is 1. The third-order valence-electron chi connectivity index (χ3n) is 3.19. The van der Waals surface area contributed by atoms with Crippen molar-refractivity contribution in [2.75, 3.05) is 6.61 Å². The van der Waals surface area contributed by atoms with Crippen LogP contribution >= 0.6 is 34.8 Å². The molecule has 0 spiro atoms. The van der Waals surface area contributed by atoms with E-state index >= 15 is 0 Å². The number of benzene rings is 1. The first-order chi connectivity index (χ1) is 10.4. The number of ether oxygens (including phenoxy) is 1. The van der Waals surface area contributed by atoms with Crippen molar-refractivity contribution in [1.29, 1.82) is 0 Å². The lowest BCUT2D eigenvalue weighted by atomic mass is 9.91. The molecule has 2 atom stereocenters. The first-order valence-corrected chi connectivity index (χ1v) is 7.79. The number of esters is 1. The Balaban J connectivity index is 2.23. The molecule has 22 heavy (non-hydrogen) atoms. The van der Waals surface area contributed by atoms with Crippen LogP contribution in [0.4, 0.5) is 0 Å². The number of halogens is 3. The highest BCUT2D eigenvalue weighted by Gasteiger charge is 2.43. The number of hydrogen-bond acceptors (Lipinski definition) is 3. The summed E-state index contributed by atoms with van der Waals surface area (Å²) in [6, 6.07) is 6.50. The normalized spacial score (nSPS) is 23.8. The van der Waals surface area contributed by atoms with Crippen molar-refractivity contribution >= 4 is 46.6 Å². The van der Waals surface area contributed by atoms with Crippen molar-refractivity contribution in [3.05, 3.63) is 58.7 Å². The van der Waals surface area contributed by atoms with Crippen molar-refractivity contribution in [3.63, 3.8) is 0 Å². The second kappa shape index (κ2) is 6.86. The van der Waals surface area contributed by atoms with E-state index in [9.17, 15) is 9.59 Å². The van der Waals surface area contributed by atoms with Crippen LogP contribution in [0.15, 0.2) is 48.1 Å². The fraction of sp³-hybridized carbons (Fsp3) is 0.250. The monoisotopic (exact) mass is 358 g/mol. The van der Waals surface area contributed by atoms with Gasteiger partial charge in [0.2, 0.25) is 0 Å². The van der Waals surface area contributed by atoms with Gasteiger partial charge < -0.3 is 4.74 Å². The third kappa shape index (κ3) is 3.37. The van der Waals surface area contributed by atoms with Gasteiger partial charge in [0.25, 0.3) is 0 Å². The van der Waals surface area contributed by atoms with E-state index in [4.69, 9.17) is 39.5 Å². The Bertz CT molecular complexity index is 649. The van der Waals surface area contributed by atoms with Crippen LogP contribution in [0.3, 0.4) is 0 Å². The van der Waals surface area contributed by atoms with Gasteiger partial charge in [0, 0.05) is 16.2 Å². The van der Waals surface area contributed by atoms with Gasteiger partial charge in [-0.1, -0.05) is 23.8 Å². The fourth-order valence-corrected chi connectivity index (χ4v) is 2.58. The Morgan fingerprint density at radius 2 is 1.91 bits per heavy atom. The molecule has 0 saturated carbocycles. The number of ketones is 1. The van der Waals surface area contributed by atoms with E-state index < -0.39 is 16.2 Å². The predicted octanol–water partition coefficient (Wildman–Crippen LogP) is 4.17. The molecule has 116 valence electrons. The van der Waals surface area contributed by atoms with Crippen molar-refractivity contribution in [3.8, 4) is 0 Å². The smallest absolute Gasteiger partial charge is 0.333 e. The van der Waals surface area contributed by atoms with Crippen LogP contribution in [0, 0.1) is 0 Å². The molecule has 0 radical (unpaired) electrons. The largest absolute Gasteiger partial charge is 0.464 e. The Morgan fingerprint density at radius 1 is 1.27 bits per heavy atom. The van der Waals surface area contributed by atoms with Gasteiger partial charge in [0.05, 0.1) is 12.0 Å². The van der Waals surface area contributed by atoms with Crippen LogP contribution < -0.4 is 0 Å². The minimum absolute atomic E-state index is 0.199. The van der Waals surface area contributed by atoms with Gasteiger partial charge in [-0.25, -0.2) is 4.79 Å². The highest BCUT2D eigenvalue weighted by Crippen LogP contribution is 2.34. The molecular weight excluding hydrogens is 347 g/mol. The van der Waals surface area contributed by atoms with Gasteiger partial charge in [-0.3, -0.25) is 4.79 Å². The molecular formula is C16H13Cl3O3. The minimum Gasteiger partial charge on any atom is -0.464 e. The SMILES string of the molecule is CCOC(=O)C1(Cl)C=CC(C(=O)c2ccc(Cl)cc2)=CC1Cl.